The molecule has 0 fully saturated rings. The number of methoxy groups -OCH3 is 1. The largest absolute Gasteiger partial charge is 0.493 e. The topological polar surface area (TPSA) is 95.0 Å². The third-order valence-corrected chi connectivity index (χ3v) is 5.81. The molecule has 0 aliphatic carbocycles. The lowest BCUT2D eigenvalue weighted by Gasteiger charge is -2.20. The number of nitrogens with zero attached hydrogens (tertiary/aromatic N) is 2. The average molecular weight is 483 g/mol. The van der Waals surface area contributed by atoms with E-state index >= 15 is 0 Å². The minimum absolute atomic E-state index is 0.0578. The number of ether oxygens (including phenoxy) is 3. The number of carbonyl (C=O) groups excluding carboxylic acids is 3. The Morgan fingerprint density at radius 3 is 2.44 bits per heavy atom. The summed E-state index contributed by atoms with van der Waals surface area (Å²) in [7, 11) is 1.45. The molecule has 0 spiro atoms. The first-order valence-electron chi connectivity index (χ1n) is 10.5. The van der Waals surface area contributed by atoms with E-state index in [4.69, 9.17) is 14.2 Å². The van der Waals surface area contributed by atoms with Crippen molar-refractivity contribution >= 4 is 39.8 Å². The summed E-state index contributed by atoms with van der Waals surface area (Å²) in [6.45, 7) is 6.47. The van der Waals surface area contributed by atoms with Crippen LogP contribution in [0.3, 0.4) is 0 Å². The zero-order valence-electron chi connectivity index (χ0n) is 19.7. The molecule has 178 valence electrons. The van der Waals surface area contributed by atoms with Crippen LogP contribution in [0.25, 0.3) is 0 Å². The minimum atomic E-state index is -0.593. The van der Waals surface area contributed by atoms with E-state index in [1.807, 2.05) is 32.0 Å². The fraction of sp³-hybridized carbons (Fsp3) is 0.280. The van der Waals surface area contributed by atoms with Crippen LogP contribution in [-0.4, -0.2) is 36.4 Å². The summed E-state index contributed by atoms with van der Waals surface area (Å²) >= 11 is 1.29. The van der Waals surface area contributed by atoms with Gasteiger partial charge >= 0.3 is 5.97 Å². The van der Waals surface area contributed by atoms with Gasteiger partial charge in [0, 0.05) is 17.9 Å². The van der Waals surface area contributed by atoms with Gasteiger partial charge in [-0.05, 0) is 50.6 Å². The van der Waals surface area contributed by atoms with Crippen molar-refractivity contribution in [1.29, 1.82) is 0 Å². The van der Waals surface area contributed by atoms with Gasteiger partial charge < -0.3 is 14.2 Å². The molecule has 34 heavy (non-hydrogen) atoms. The fourth-order valence-corrected chi connectivity index (χ4v) is 4.13. The molecule has 1 amide bonds. The van der Waals surface area contributed by atoms with E-state index in [9.17, 15) is 14.4 Å². The SMILES string of the molecule is COc1cc(C(C)=O)ccc1OCC(=O)OCc1csc(N(C(C)=O)c2ccc(C)cc2C)n1. The van der Waals surface area contributed by atoms with Crippen molar-refractivity contribution in [3.8, 4) is 11.5 Å². The highest BCUT2D eigenvalue weighted by Crippen LogP contribution is 2.32. The van der Waals surface area contributed by atoms with Crippen molar-refractivity contribution in [3.05, 3.63) is 64.2 Å². The van der Waals surface area contributed by atoms with Crippen molar-refractivity contribution in [2.75, 3.05) is 18.6 Å². The van der Waals surface area contributed by atoms with E-state index < -0.39 is 5.97 Å². The first-order chi connectivity index (χ1) is 16.2. The van der Waals surface area contributed by atoms with Crippen LogP contribution in [0, 0.1) is 13.8 Å². The number of aryl methyl sites for hydroxylation is 2. The second kappa shape index (κ2) is 10.9. The molecule has 0 unspecified atom stereocenters. The number of esters is 1. The van der Waals surface area contributed by atoms with Crippen molar-refractivity contribution in [2.24, 2.45) is 0 Å². The summed E-state index contributed by atoms with van der Waals surface area (Å²) in [5.41, 5.74) is 3.82. The van der Waals surface area contributed by atoms with Crippen molar-refractivity contribution in [1.82, 2.24) is 4.98 Å². The molecule has 0 atom stereocenters. The van der Waals surface area contributed by atoms with E-state index in [1.165, 1.54) is 32.3 Å². The lowest BCUT2D eigenvalue weighted by molar-refractivity contribution is -0.147. The zero-order valence-corrected chi connectivity index (χ0v) is 20.5. The quantitative estimate of drug-likeness (QED) is 0.320. The van der Waals surface area contributed by atoms with Crippen LogP contribution < -0.4 is 14.4 Å². The van der Waals surface area contributed by atoms with Crippen LogP contribution in [0.15, 0.2) is 41.8 Å². The number of hydrogen-bond acceptors (Lipinski definition) is 8. The maximum atomic E-state index is 12.3. The number of benzene rings is 2. The van der Waals surface area contributed by atoms with Gasteiger partial charge in [0.15, 0.2) is 29.0 Å². The van der Waals surface area contributed by atoms with Crippen LogP contribution in [-0.2, 0) is 20.9 Å². The van der Waals surface area contributed by atoms with Gasteiger partial charge in [-0.3, -0.25) is 14.5 Å². The molecule has 0 saturated carbocycles. The molecule has 3 rings (SSSR count). The standard InChI is InChI=1S/C25H26N2O6S/c1-15-6-8-21(16(2)10-15)27(18(4)29)25-26-20(14-34-25)12-33-24(30)13-32-22-9-7-19(17(3)28)11-23(22)31-5/h6-11,14H,12-13H2,1-5H3. The molecule has 1 heterocycles. The average Bonchev–Trinajstić information content (AvgIpc) is 3.25. The predicted octanol–water partition coefficient (Wildman–Crippen LogP) is 4.78. The number of aromatic nitrogens is 1. The molecular weight excluding hydrogens is 456 g/mol. The van der Waals surface area contributed by atoms with E-state index in [0.29, 0.717) is 27.9 Å². The summed E-state index contributed by atoms with van der Waals surface area (Å²) in [5.74, 6) is -0.188. The predicted molar refractivity (Wildman–Crippen MR) is 129 cm³/mol. The maximum Gasteiger partial charge on any atom is 0.344 e. The Hall–Kier alpha value is -3.72. The van der Waals surface area contributed by atoms with Gasteiger partial charge in [-0.25, -0.2) is 9.78 Å². The number of thiazole rings is 1. The number of anilines is 2. The molecule has 0 aliphatic heterocycles. The molecular formula is C25H26N2O6S. The van der Waals surface area contributed by atoms with Crippen LogP contribution in [0.1, 0.15) is 41.0 Å². The number of rotatable bonds is 9. The monoisotopic (exact) mass is 482 g/mol. The third-order valence-electron chi connectivity index (χ3n) is 4.94. The Kier molecular flexibility index (Phi) is 8.01. The first kappa shape index (κ1) is 24.9. The second-order valence-electron chi connectivity index (χ2n) is 7.64. The smallest absolute Gasteiger partial charge is 0.344 e. The highest BCUT2D eigenvalue weighted by Gasteiger charge is 2.20. The number of Topliss-reactive ketones (excluding diaryl/α,β-unsaturated/α-hetero) is 1. The Morgan fingerprint density at radius 1 is 1.03 bits per heavy atom. The summed E-state index contributed by atoms with van der Waals surface area (Å²) in [4.78, 5) is 42.1. The van der Waals surface area contributed by atoms with Crippen LogP contribution in [0.2, 0.25) is 0 Å². The second-order valence-corrected chi connectivity index (χ2v) is 8.47. The van der Waals surface area contributed by atoms with Gasteiger partial charge in [-0.15, -0.1) is 11.3 Å². The lowest BCUT2D eigenvalue weighted by Crippen LogP contribution is -2.23. The Labute approximate surface area is 202 Å². The highest BCUT2D eigenvalue weighted by atomic mass is 32.1. The zero-order chi connectivity index (χ0) is 24.8. The van der Waals surface area contributed by atoms with Crippen LogP contribution >= 0.6 is 11.3 Å². The van der Waals surface area contributed by atoms with Gasteiger partial charge in [0.05, 0.1) is 18.5 Å². The van der Waals surface area contributed by atoms with E-state index in [0.717, 1.165) is 16.8 Å². The number of amides is 1. The Balaban J connectivity index is 1.61. The van der Waals surface area contributed by atoms with E-state index in [1.54, 1.807) is 28.5 Å². The molecule has 0 bridgehead atoms. The number of ketones is 1. The summed E-state index contributed by atoms with van der Waals surface area (Å²) in [6.07, 6.45) is 0. The van der Waals surface area contributed by atoms with Crippen LogP contribution in [0.4, 0.5) is 10.8 Å². The molecule has 0 saturated heterocycles. The normalized spacial score (nSPS) is 10.5. The van der Waals surface area contributed by atoms with Crippen molar-refractivity contribution < 1.29 is 28.6 Å². The molecule has 0 radical (unpaired) electrons. The summed E-state index contributed by atoms with van der Waals surface area (Å²) < 4.78 is 16.0. The van der Waals surface area contributed by atoms with E-state index in [-0.39, 0.29) is 24.9 Å². The van der Waals surface area contributed by atoms with Gasteiger partial charge in [-0.2, -0.15) is 0 Å². The van der Waals surface area contributed by atoms with Crippen molar-refractivity contribution in [2.45, 2.75) is 34.3 Å². The number of carbonyl (C=O) groups is 3. The van der Waals surface area contributed by atoms with Gasteiger partial charge in [0.2, 0.25) is 5.91 Å². The molecule has 8 nitrogen and oxygen atoms in total. The van der Waals surface area contributed by atoms with Gasteiger partial charge in [0.1, 0.15) is 6.61 Å². The summed E-state index contributed by atoms with van der Waals surface area (Å²) in [6, 6.07) is 10.6. The maximum absolute atomic E-state index is 12.3. The van der Waals surface area contributed by atoms with Crippen LogP contribution in [0.5, 0.6) is 11.5 Å². The Bertz CT molecular complexity index is 1220. The van der Waals surface area contributed by atoms with Gasteiger partial charge in [0.25, 0.3) is 0 Å². The third kappa shape index (κ3) is 5.99. The molecule has 9 heteroatoms. The molecule has 0 N–H and O–H groups in total. The molecule has 1 aromatic heterocycles. The molecule has 0 aliphatic rings. The van der Waals surface area contributed by atoms with Gasteiger partial charge in [-0.1, -0.05) is 17.7 Å². The van der Waals surface area contributed by atoms with E-state index in [2.05, 4.69) is 4.98 Å². The summed E-state index contributed by atoms with van der Waals surface area (Å²) in [5, 5.41) is 2.24. The minimum Gasteiger partial charge on any atom is -0.493 e. The first-order valence-corrected chi connectivity index (χ1v) is 11.4. The lowest BCUT2D eigenvalue weighted by atomic mass is 10.1. The van der Waals surface area contributed by atoms with Crippen molar-refractivity contribution in [3.63, 3.8) is 0 Å². The fourth-order valence-electron chi connectivity index (χ4n) is 3.27. The number of hydrogen-bond donors (Lipinski definition) is 0. The Morgan fingerprint density at radius 2 is 1.79 bits per heavy atom. The molecule has 2 aromatic carbocycles. The molecule has 3 aromatic rings. The highest BCUT2D eigenvalue weighted by molar-refractivity contribution is 7.14.